The first-order chi connectivity index (χ1) is 9.83. The molecular formula is C13H16N4O2S2. The Morgan fingerprint density at radius 3 is 2.67 bits per heavy atom. The number of hydrogen-bond acceptors (Lipinski definition) is 4. The van der Waals surface area contributed by atoms with Crippen LogP contribution in [-0.2, 0) is 23.6 Å². The Hall–Kier alpha value is -1.77. The van der Waals surface area contributed by atoms with Crippen molar-refractivity contribution in [1.82, 2.24) is 14.5 Å². The molecule has 0 unspecified atom stereocenters. The van der Waals surface area contributed by atoms with Crippen LogP contribution in [0, 0.1) is 6.92 Å². The monoisotopic (exact) mass is 324 g/mol. The molecular weight excluding hydrogens is 308 g/mol. The number of nitrogens with one attached hydrogen (secondary N) is 1. The van der Waals surface area contributed by atoms with Crippen molar-refractivity contribution in [3.05, 3.63) is 47.3 Å². The molecule has 21 heavy (non-hydrogen) atoms. The molecule has 3 N–H and O–H groups in total. The van der Waals surface area contributed by atoms with E-state index < -0.39 is 10.0 Å². The summed E-state index contributed by atoms with van der Waals surface area (Å²) in [4.78, 5) is 0.132. The molecule has 0 saturated heterocycles. The van der Waals surface area contributed by atoms with Gasteiger partial charge in [0.2, 0.25) is 10.0 Å². The standard InChI is InChI=1S/C13H16N4O2S2/c1-9-10(7-15-17(9)2)8-16-21(18,19)12-6-4-3-5-11(12)13(14)20/h3-7,16H,8H2,1-2H3,(H2,14,20). The van der Waals surface area contributed by atoms with E-state index in [-0.39, 0.29) is 16.4 Å². The number of rotatable bonds is 5. The van der Waals surface area contributed by atoms with E-state index in [0.717, 1.165) is 11.3 Å². The lowest BCUT2D eigenvalue weighted by Gasteiger charge is -2.10. The van der Waals surface area contributed by atoms with Crippen LogP contribution in [0.4, 0.5) is 0 Å². The third-order valence-electron chi connectivity index (χ3n) is 3.23. The van der Waals surface area contributed by atoms with Crippen molar-refractivity contribution in [3.63, 3.8) is 0 Å². The number of benzene rings is 1. The second kappa shape index (κ2) is 5.92. The number of nitrogens with two attached hydrogens (primary N) is 1. The van der Waals surface area contributed by atoms with Crippen LogP contribution in [0.1, 0.15) is 16.8 Å². The van der Waals surface area contributed by atoms with Crippen molar-refractivity contribution >= 4 is 27.2 Å². The van der Waals surface area contributed by atoms with Gasteiger partial charge in [-0.3, -0.25) is 4.68 Å². The minimum atomic E-state index is -3.70. The van der Waals surface area contributed by atoms with Gasteiger partial charge in [0.05, 0.1) is 11.1 Å². The van der Waals surface area contributed by atoms with Crippen LogP contribution in [-0.4, -0.2) is 23.2 Å². The minimum Gasteiger partial charge on any atom is -0.389 e. The average Bonchev–Trinajstić information content (AvgIpc) is 2.77. The van der Waals surface area contributed by atoms with Gasteiger partial charge in [0.15, 0.2) is 0 Å². The van der Waals surface area contributed by atoms with Crippen LogP contribution in [0.2, 0.25) is 0 Å². The molecule has 0 bridgehead atoms. The number of nitrogens with zero attached hydrogens (tertiary/aromatic N) is 2. The number of hydrogen-bond donors (Lipinski definition) is 2. The summed E-state index contributed by atoms with van der Waals surface area (Å²) in [6.07, 6.45) is 1.64. The van der Waals surface area contributed by atoms with Gasteiger partial charge in [-0.1, -0.05) is 30.4 Å². The smallest absolute Gasteiger partial charge is 0.241 e. The molecule has 0 spiro atoms. The van der Waals surface area contributed by atoms with E-state index >= 15 is 0 Å². The van der Waals surface area contributed by atoms with E-state index in [1.807, 2.05) is 6.92 Å². The van der Waals surface area contributed by atoms with Crippen LogP contribution in [0.25, 0.3) is 0 Å². The molecule has 1 aromatic carbocycles. The first kappa shape index (κ1) is 15.6. The normalized spacial score (nSPS) is 11.5. The number of aryl methyl sites for hydroxylation is 1. The maximum absolute atomic E-state index is 12.4. The molecule has 0 aliphatic carbocycles. The highest BCUT2D eigenvalue weighted by Gasteiger charge is 2.19. The highest BCUT2D eigenvalue weighted by Crippen LogP contribution is 2.16. The molecule has 0 atom stereocenters. The summed E-state index contributed by atoms with van der Waals surface area (Å²) in [6.45, 7) is 2.03. The molecule has 112 valence electrons. The predicted molar refractivity (Wildman–Crippen MR) is 84.3 cm³/mol. The molecule has 0 aliphatic heterocycles. The first-order valence-electron chi connectivity index (χ1n) is 6.19. The summed E-state index contributed by atoms with van der Waals surface area (Å²) in [6, 6.07) is 6.39. The van der Waals surface area contributed by atoms with Crippen LogP contribution in [0.5, 0.6) is 0 Å². The van der Waals surface area contributed by atoms with Gasteiger partial charge >= 0.3 is 0 Å². The van der Waals surface area contributed by atoms with Gasteiger partial charge in [0, 0.05) is 30.4 Å². The molecule has 1 heterocycles. The van der Waals surface area contributed by atoms with Crippen LogP contribution >= 0.6 is 12.2 Å². The lowest BCUT2D eigenvalue weighted by atomic mass is 10.2. The van der Waals surface area contributed by atoms with Crippen molar-refractivity contribution in [2.75, 3.05) is 0 Å². The summed E-state index contributed by atoms with van der Waals surface area (Å²) >= 11 is 4.89. The van der Waals surface area contributed by atoms with Crippen LogP contribution in [0.15, 0.2) is 35.4 Å². The molecule has 2 rings (SSSR count). The van der Waals surface area contributed by atoms with Gasteiger partial charge < -0.3 is 5.73 Å². The quantitative estimate of drug-likeness (QED) is 0.796. The Kier molecular flexibility index (Phi) is 4.40. The second-order valence-corrected chi connectivity index (χ2v) is 6.74. The van der Waals surface area contributed by atoms with Crippen molar-refractivity contribution in [2.45, 2.75) is 18.4 Å². The molecule has 6 nitrogen and oxygen atoms in total. The largest absolute Gasteiger partial charge is 0.389 e. The summed E-state index contributed by atoms with van der Waals surface area (Å²) in [7, 11) is -1.90. The maximum atomic E-state index is 12.4. The minimum absolute atomic E-state index is 0.0496. The number of sulfonamides is 1. The van der Waals surface area contributed by atoms with E-state index in [2.05, 4.69) is 9.82 Å². The van der Waals surface area contributed by atoms with Crippen LogP contribution < -0.4 is 10.5 Å². The highest BCUT2D eigenvalue weighted by molar-refractivity contribution is 7.89. The Balaban J connectivity index is 2.27. The van der Waals surface area contributed by atoms with Crippen molar-refractivity contribution < 1.29 is 8.42 Å². The SMILES string of the molecule is Cc1c(CNS(=O)(=O)c2ccccc2C(N)=S)cnn1C. The molecule has 0 amide bonds. The van der Waals surface area contributed by atoms with Crippen molar-refractivity contribution in [3.8, 4) is 0 Å². The zero-order valence-corrected chi connectivity index (χ0v) is 13.3. The van der Waals surface area contributed by atoms with E-state index in [4.69, 9.17) is 18.0 Å². The molecule has 1 aromatic heterocycles. The van der Waals surface area contributed by atoms with Crippen molar-refractivity contribution in [1.29, 1.82) is 0 Å². The predicted octanol–water partition coefficient (Wildman–Crippen LogP) is 0.841. The third kappa shape index (κ3) is 3.29. The summed E-state index contributed by atoms with van der Waals surface area (Å²) < 4.78 is 29.0. The highest BCUT2D eigenvalue weighted by atomic mass is 32.2. The maximum Gasteiger partial charge on any atom is 0.241 e. The number of thiocarbonyl (C=S) groups is 1. The fourth-order valence-electron chi connectivity index (χ4n) is 1.87. The summed E-state index contributed by atoms with van der Waals surface area (Å²) in [5.41, 5.74) is 7.62. The Morgan fingerprint density at radius 2 is 2.10 bits per heavy atom. The third-order valence-corrected chi connectivity index (χ3v) is 4.91. The van der Waals surface area contributed by atoms with Gasteiger partial charge in [-0.25, -0.2) is 13.1 Å². The van der Waals surface area contributed by atoms with E-state index in [1.165, 1.54) is 6.07 Å². The molecule has 0 aliphatic rings. The van der Waals surface area contributed by atoms with Crippen molar-refractivity contribution in [2.24, 2.45) is 12.8 Å². The topological polar surface area (TPSA) is 90.0 Å². The lowest BCUT2D eigenvalue weighted by Crippen LogP contribution is -2.26. The van der Waals surface area contributed by atoms with Crippen LogP contribution in [0.3, 0.4) is 0 Å². The lowest BCUT2D eigenvalue weighted by molar-refractivity contribution is 0.581. The zero-order chi connectivity index (χ0) is 15.6. The fourth-order valence-corrected chi connectivity index (χ4v) is 3.34. The van der Waals surface area contributed by atoms with E-state index in [9.17, 15) is 8.42 Å². The summed E-state index contributed by atoms with van der Waals surface area (Å²) in [5, 5.41) is 4.08. The fraction of sp³-hybridized carbons (Fsp3) is 0.231. The second-order valence-electron chi connectivity index (χ2n) is 4.56. The Bertz CT molecular complexity index is 781. The molecule has 0 fully saturated rings. The first-order valence-corrected chi connectivity index (χ1v) is 8.08. The molecule has 2 aromatic rings. The van der Waals surface area contributed by atoms with Gasteiger partial charge in [0.25, 0.3) is 0 Å². The Labute approximate surface area is 129 Å². The van der Waals surface area contributed by atoms with Gasteiger partial charge in [-0.05, 0) is 13.0 Å². The number of aromatic nitrogens is 2. The Morgan fingerprint density at radius 1 is 1.43 bits per heavy atom. The average molecular weight is 324 g/mol. The summed E-state index contributed by atoms with van der Waals surface area (Å²) in [5.74, 6) is 0. The van der Waals surface area contributed by atoms with Gasteiger partial charge in [0.1, 0.15) is 4.99 Å². The van der Waals surface area contributed by atoms with Gasteiger partial charge in [-0.2, -0.15) is 5.10 Å². The molecule has 8 heteroatoms. The zero-order valence-electron chi connectivity index (χ0n) is 11.7. The van der Waals surface area contributed by atoms with E-state index in [1.54, 1.807) is 36.1 Å². The molecule has 0 radical (unpaired) electrons. The van der Waals surface area contributed by atoms with Gasteiger partial charge in [-0.15, -0.1) is 0 Å². The van der Waals surface area contributed by atoms with E-state index in [0.29, 0.717) is 5.56 Å². The molecule has 0 saturated carbocycles.